The fourth-order valence-electron chi connectivity index (χ4n) is 1.27. The van der Waals surface area contributed by atoms with Crippen LogP contribution < -0.4 is 0 Å². The second-order valence-electron chi connectivity index (χ2n) is 3.88. The molecule has 2 nitrogen and oxygen atoms in total. The van der Waals surface area contributed by atoms with Crippen molar-refractivity contribution >= 4 is 11.3 Å². The zero-order valence-corrected chi connectivity index (χ0v) is 8.19. The van der Waals surface area contributed by atoms with Gasteiger partial charge in [0.2, 0.25) is 0 Å². The summed E-state index contributed by atoms with van der Waals surface area (Å²) >= 11 is 1.56. The SMILES string of the molecule is Cc1csc(C(O)C2(C)CC2)n1. The van der Waals surface area contributed by atoms with E-state index in [1.54, 1.807) is 11.3 Å². The van der Waals surface area contributed by atoms with E-state index in [9.17, 15) is 5.11 Å². The van der Waals surface area contributed by atoms with Gasteiger partial charge >= 0.3 is 0 Å². The maximum Gasteiger partial charge on any atom is 0.122 e. The Bertz CT molecular complexity index is 290. The van der Waals surface area contributed by atoms with E-state index in [4.69, 9.17) is 0 Å². The van der Waals surface area contributed by atoms with E-state index in [1.807, 2.05) is 12.3 Å². The maximum absolute atomic E-state index is 9.88. The Labute approximate surface area is 76.3 Å². The highest BCUT2D eigenvalue weighted by Gasteiger charge is 2.45. The van der Waals surface area contributed by atoms with Crippen molar-refractivity contribution in [3.8, 4) is 0 Å². The van der Waals surface area contributed by atoms with Crippen molar-refractivity contribution < 1.29 is 5.11 Å². The highest BCUT2D eigenvalue weighted by Crippen LogP contribution is 2.54. The van der Waals surface area contributed by atoms with E-state index < -0.39 is 0 Å². The molecule has 0 amide bonds. The summed E-state index contributed by atoms with van der Waals surface area (Å²) in [5, 5.41) is 12.8. The molecule has 0 aliphatic heterocycles. The molecule has 0 radical (unpaired) electrons. The highest BCUT2D eigenvalue weighted by molar-refractivity contribution is 7.09. The number of nitrogens with zero attached hydrogens (tertiary/aromatic N) is 1. The van der Waals surface area contributed by atoms with Gasteiger partial charge in [0.25, 0.3) is 0 Å². The number of hydrogen-bond donors (Lipinski definition) is 1. The zero-order chi connectivity index (χ0) is 8.77. The van der Waals surface area contributed by atoms with Crippen LogP contribution in [-0.4, -0.2) is 10.1 Å². The average Bonchev–Trinajstić information content (AvgIpc) is 2.62. The molecule has 3 heteroatoms. The minimum Gasteiger partial charge on any atom is -0.385 e. The monoisotopic (exact) mass is 183 g/mol. The van der Waals surface area contributed by atoms with E-state index in [-0.39, 0.29) is 11.5 Å². The third-order valence-corrected chi connectivity index (χ3v) is 3.58. The summed E-state index contributed by atoms with van der Waals surface area (Å²) in [6, 6.07) is 0. The minimum absolute atomic E-state index is 0.129. The molecule has 0 aromatic carbocycles. The molecule has 1 aliphatic carbocycles. The van der Waals surface area contributed by atoms with Crippen LogP contribution in [0.3, 0.4) is 0 Å². The van der Waals surface area contributed by atoms with Crippen LogP contribution in [0.25, 0.3) is 0 Å². The summed E-state index contributed by atoms with van der Waals surface area (Å²) in [7, 11) is 0. The number of hydrogen-bond acceptors (Lipinski definition) is 3. The fraction of sp³-hybridized carbons (Fsp3) is 0.667. The first kappa shape index (κ1) is 8.20. The quantitative estimate of drug-likeness (QED) is 0.763. The Morgan fingerprint density at radius 2 is 2.33 bits per heavy atom. The van der Waals surface area contributed by atoms with E-state index in [0.29, 0.717) is 0 Å². The molecule has 1 aliphatic rings. The largest absolute Gasteiger partial charge is 0.385 e. The third-order valence-electron chi connectivity index (χ3n) is 2.57. The van der Waals surface area contributed by atoms with Gasteiger partial charge < -0.3 is 5.11 Å². The molecule has 1 unspecified atom stereocenters. The van der Waals surface area contributed by atoms with Crippen LogP contribution in [0.4, 0.5) is 0 Å². The summed E-state index contributed by atoms with van der Waals surface area (Å²) in [6.45, 7) is 4.08. The predicted octanol–water partition coefficient (Wildman–Crippen LogP) is 2.29. The maximum atomic E-state index is 9.88. The predicted molar refractivity (Wildman–Crippen MR) is 49.2 cm³/mol. The molecule has 1 heterocycles. The minimum atomic E-state index is -0.337. The molecule has 1 fully saturated rings. The Kier molecular flexibility index (Phi) is 1.73. The van der Waals surface area contributed by atoms with Crippen molar-refractivity contribution in [2.45, 2.75) is 32.8 Å². The Morgan fingerprint density at radius 1 is 1.67 bits per heavy atom. The molecule has 2 rings (SSSR count). The zero-order valence-electron chi connectivity index (χ0n) is 7.37. The standard InChI is InChI=1S/C9H13NOS/c1-6-5-12-8(10-6)7(11)9(2)3-4-9/h5,7,11H,3-4H2,1-2H3. The molecule has 1 N–H and O–H groups in total. The first-order valence-corrected chi connectivity index (χ1v) is 5.10. The molecule has 0 bridgehead atoms. The van der Waals surface area contributed by atoms with Gasteiger partial charge in [0.1, 0.15) is 11.1 Å². The molecule has 1 aromatic rings. The molecule has 1 saturated carbocycles. The third kappa shape index (κ3) is 1.27. The van der Waals surface area contributed by atoms with Gasteiger partial charge in [-0.2, -0.15) is 0 Å². The number of aliphatic hydroxyl groups is 1. The van der Waals surface area contributed by atoms with Crippen molar-refractivity contribution in [3.05, 3.63) is 16.1 Å². The Morgan fingerprint density at radius 3 is 2.75 bits per heavy atom. The fourth-order valence-corrected chi connectivity index (χ4v) is 2.22. The van der Waals surface area contributed by atoms with Gasteiger partial charge in [0.15, 0.2) is 0 Å². The lowest BCUT2D eigenvalue weighted by atomic mass is 10.0. The Hall–Kier alpha value is -0.410. The second-order valence-corrected chi connectivity index (χ2v) is 4.77. The van der Waals surface area contributed by atoms with Crippen LogP contribution in [0.1, 0.15) is 36.6 Å². The van der Waals surface area contributed by atoms with Crippen LogP contribution >= 0.6 is 11.3 Å². The molecule has 0 saturated heterocycles. The van der Waals surface area contributed by atoms with Crippen LogP contribution in [0.15, 0.2) is 5.38 Å². The summed E-state index contributed by atoms with van der Waals surface area (Å²) in [5.41, 5.74) is 1.14. The van der Waals surface area contributed by atoms with Gasteiger partial charge in [0.05, 0.1) is 0 Å². The molecule has 1 atom stereocenters. The van der Waals surface area contributed by atoms with Gasteiger partial charge in [-0.1, -0.05) is 6.92 Å². The first-order valence-electron chi connectivity index (χ1n) is 4.22. The molecule has 66 valence electrons. The van der Waals surface area contributed by atoms with E-state index in [1.165, 1.54) is 0 Å². The molecule has 0 spiro atoms. The van der Waals surface area contributed by atoms with Gasteiger partial charge in [-0.3, -0.25) is 0 Å². The van der Waals surface area contributed by atoms with Gasteiger partial charge in [0, 0.05) is 16.5 Å². The molecular weight excluding hydrogens is 170 g/mol. The molecular formula is C9H13NOS. The number of rotatable bonds is 2. The lowest BCUT2D eigenvalue weighted by Crippen LogP contribution is -2.09. The van der Waals surface area contributed by atoms with Gasteiger partial charge in [-0.15, -0.1) is 11.3 Å². The summed E-state index contributed by atoms with van der Waals surface area (Å²) < 4.78 is 0. The van der Waals surface area contributed by atoms with Gasteiger partial charge in [-0.05, 0) is 19.8 Å². The second kappa shape index (κ2) is 2.54. The van der Waals surface area contributed by atoms with Crippen LogP contribution in [0.2, 0.25) is 0 Å². The number of thiazole rings is 1. The van der Waals surface area contributed by atoms with Crippen LogP contribution in [-0.2, 0) is 0 Å². The smallest absolute Gasteiger partial charge is 0.122 e. The van der Waals surface area contributed by atoms with Crippen molar-refractivity contribution in [2.75, 3.05) is 0 Å². The summed E-state index contributed by atoms with van der Waals surface area (Å²) in [5.74, 6) is 0. The van der Waals surface area contributed by atoms with Crippen molar-refractivity contribution in [3.63, 3.8) is 0 Å². The number of aromatic nitrogens is 1. The summed E-state index contributed by atoms with van der Waals surface area (Å²) in [4.78, 5) is 4.29. The average molecular weight is 183 g/mol. The molecule has 1 aromatic heterocycles. The van der Waals surface area contributed by atoms with Crippen LogP contribution in [0, 0.1) is 12.3 Å². The normalized spacial score (nSPS) is 22.2. The van der Waals surface area contributed by atoms with Crippen molar-refractivity contribution in [1.29, 1.82) is 0 Å². The lowest BCUT2D eigenvalue weighted by Gasteiger charge is -2.13. The summed E-state index contributed by atoms with van der Waals surface area (Å²) in [6.07, 6.45) is 1.93. The van der Waals surface area contributed by atoms with Crippen LogP contribution in [0.5, 0.6) is 0 Å². The van der Waals surface area contributed by atoms with E-state index >= 15 is 0 Å². The van der Waals surface area contributed by atoms with Crippen molar-refractivity contribution in [1.82, 2.24) is 4.98 Å². The topological polar surface area (TPSA) is 33.1 Å². The molecule has 12 heavy (non-hydrogen) atoms. The number of aliphatic hydroxyl groups excluding tert-OH is 1. The van der Waals surface area contributed by atoms with Crippen molar-refractivity contribution in [2.24, 2.45) is 5.41 Å². The van der Waals surface area contributed by atoms with E-state index in [0.717, 1.165) is 23.5 Å². The first-order chi connectivity index (χ1) is 5.62. The lowest BCUT2D eigenvalue weighted by molar-refractivity contribution is 0.103. The number of aryl methyl sites for hydroxylation is 1. The van der Waals surface area contributed by atoms with Gasteiger partial charge in [-0.25, -0.2) is 4.98 Å². The van der Waals surface area contributed by atoms with E-state index in [2.05, 4.69) is 11.9 Å². The Balaban J connectivity index is 2.19. The highest BCUT2D eigenvalue weighted by atomic mass is 32.1.